The number of hydrogen-bond donors (Lipinski definition) is 11. The molecule has 22 nitrogen and oxygen atoms in total. The number of carbonyl (C=O) groups excluding carboxylic acids is 5. The second-order valence-electron chi connectivity index (χ2n) is 15.1. The molecule has 0 unspecified atom stereocenters. The number of H-pyrrole nitrogens is 2. The summed E-state index contributed by atoms with van der Waals surface area (Å²) in [6, 6.07) is 5.37. The summed E-state index contributed by atoms with van der Waals surface area (Å²) < 4.78 is 6.64. The smallest absolute Gasteiger partial charge is 0.331 e. The number of likely N-dealkylation sites (N-methyl/N-ethyl adjacent to an activating group) is 1. The van der Waals surface area contributed by atoms with Crippen molar-refractivity contribution in [3.05, 3.63) is 111 Å². The fraction of sp³-hybridized carbons (Fsp3) is 0.366. The van der Waals surface area contributed by atoms with Gasteiger partial charge in [-0.25, -0.2) is 14.4 Å². The van der Waals surface area contributed by atoms with Gasteiger partial charge >= 0.3 is 17.7 Å². The maximum atomic E-state index is 14.1. The number of carbonyl (C=O) groups is 6. The van der Waals surface area contributed by atoms with Crippen LogP contribution in [-0.4, -0.2) is 120 Å². The minimum absolute atomic E-state index is 0.00164. The van der Waals surface area contributed by atoms with Crippen LogP contribution in [0.2, 0.25) is 0 Å². The molecule has 0 spiro atoms. The van der Waals surface area contributed by atoms with Crippen molar-refractivity contribution in [3.8, 4) is 5.75 Å². The van der Waals surface area contributed by atoms with Crippen LogP contribution in [0.3, 0.4) is 0 Å². The Morgan fingerprint density at radius 2 is 1.67 bits per heavy atom. The summed E-state index contributed by atoms with van der Waals surface area (Å²) in [6.45, 7) is 4.12. The van der Waals surface area contributed by atoms with Crippen molar-refractivity contribution in [2.75, 3.05) is 7.05 Å². The minimum Gasteiger partial charge on any atom is -0.508 e. The van der Waals surface area contributed by atoms with E-state index in [1.54, 1.807) is 30.5 Å². The van der Waals surface area contributed by atoms with Gasteiger partial charge in [-0.1, -0.05) is 30.3 Å². The number of urea groups is 1. The molecule has 8 atom stereocenters. The molecule has 0 aliphatic carbocycles. The van der Waals surface area contributed by atoms with Crippen LogP contribution in [-0.2, 0) is 41.6 Å². The van der Waals surface area contributed by atoms with E-state index in [9.17, 15) is 53.7 Å². The molecule has 12 N–H and O–H groups in total. The number of phenolic OH excluding ortho intramolecular Hbond substituents is 1. The van der Waals surface area contributed by atoms with Gasteiger partial charge in [0.2, 0.25) is 29.9 Å². The maximum absolute atomic E-state index is 14.1. The molecule has 3 heterocycles. The number of aromatic nitrogens is 3. The normalized spacial score (nSPS) is 18.2. The predicted molar refractivity (Wildman–Crippen MR) is 224 cm³/mol. The second-order valence-corrected chi connectivity index (χ2v) is 15.1. The van der Waals surface area contributed by atoms with Crippen LogP contribution in [0.4, 0.5) is 4.79 Å². The topological polar surface area (TPSA) is 332 Å². The molecule has 4 aromatic rings. The van der Waals surface area contributed by atoms with Crippen molar-refractivity contribution in [2.45, 2.75) is 88.6 Å². The van der Waals surface area contributed by atoms with Crippen LogP contribution in [0.5, 0.6) is 5.75 Å². The number of nitrogens with one attached hydrogen (secondary N) is 7. The zero-order valence-corrected chi connectivity index (χ0v) is 34.7. The van der Waals surface area contributed by atoms with Gasteiger partial charge in [0.1, 0.15) is 41.8 Å². The first-order valence-corrected chi connectivity index (χ1v) is 19.7. The van der Waals surface area contributed by atoms with Crippen LogP contribution in [0.25, 0.3) is 10.9 Å². The zero-order chi connectivity index (χ0) is 46.1. The van der Waals surface area contributed by atoms with Crippen LogP contribution in [0.1, 0.15) is 44.5 Å². The lowest BCUT2D eigenvalue weighted by molar-refractivity contribution is -0.140. The molecule has 6 amide bonds. The van der Waals surface area contributed by atoms with E-state index < -0.39 is 95.5 Å². The first kappa shape index (κ1) is 46.6. The van der Waals surface area contributed by atoms with Gasteiger partial charge in [-0.05, 0) is 50.1 Å². The van der Waals surface area contributed by atoms with E-state index in [4.69, 9.17) is 10.5 Å². The molecule has 0 radical (unpaired) electrons. The summed E-state index contributed by atoms with van der Waals surface area (Å²) in [6.07, 6.45) is 0.895. The molecule has 2 aromatic carbocycles. The van der Waals surface area contributed by atoms with Gasteiger partial charge < -0.3 is 62.3 Å². The number of carboxylic acid groups (broad SMARTS) is 1. The van der Waals surface area contributed by atoms with Gasteiger partial charge in [-0.3, -0.25) is 33.5 Å². The fourth-order valence-electron chi connectivity index (χ4n) is 6.75. The van der Waals surface area contributed by atoms with E-state index in [0.29, 0.717) is 11.1 Å². The van der Waals surface area contributed by atoms with E-state index in [0.717, 1.165) is 38.8 Å². The number of nitrogens with zero attached hydrogens (tertiary/aromatic N) is 2. The molecule has 1 aliphatic heterocycles. The summed E-state index contributed by atoms with van der Waals surface area (Å²) >= 11 is 0. The van der Waals surface area contributed by atoms with Crippen molar-refractivity contribution >= 4 is 46.5 Å². The highest BCUT2D eigenvalue weighted by atomic mass is 16.5. The molecule has 5 rings (SSSR count). The molecule has 1 saturated heterocycles. The predicted octanol–water partition coefficient (Wildman–Crippen LogP) is -1.25. The van der Waals surface area contributed by atoms with E-state index in [-0.39, 0.29) is 30.8 Å². The Bertz CT molecular complexity index is 2500. The van der Waals surface area contributed by atoms with Crippen molar-refractivity contribution in [1.82, 2.24) is 46.0 Å². The Kier molecular flexibility index (Phi) is 15.1. The number of aliphatic hydroxyl groups is 1. The average Bonchev–Trinajstić information content (AvgIpc) is 3.82. The number of aromatic hydroxyl groups is 1. The summed E-state index contributed by atoms with van der Waals surface area (Å²) in [5, 5.41) is 43.7. The number of para-hydroxylation sites is 1. The van der Waals surface area contributed by atoms with E-state index >= 15 is 0 Å². The number of fused-ring (bicyclic) bond motifs is 1. The highest BCUT2D eigenvalue weighted by Crippen LogP contribution is 2.30. The highest BCUT2D eigenvalue weighted by Gasteiger charge is 2.37. The average molecular weight is 875 g/mol. The molecular formula is C41H50N10O12. The molecule has 1 fully saturated rings. The second kappa shape index (κ2) is 20.4. The summed E-state index contributed by atoms with van der Waals surface area (Å²) in [4.78, 5) is 110. The monoisotopic (exact) mass is 874 g/mol. The number of ether oxygens (including phenoxy) is 1. The standard InChI is InChI=1S/C41H50N10O12/c1-20(42)34(55)46-29(15-23-8-7-9-25(52)14-23)37(58)50(4)22(3)33(36(57)44-19-26-17-31(53)38(63-26)51-13-12-32(54)48-41(51)62)49-35(56)21(2)45-40(61)47-30(39(59)60)16-24-18-43-28-11-6-5-10-27(24)28/h5-14,18-22,29-31,33,38,43,52-53H,15-17,42H2,1-4H3,(H,44,57)(H,46,55)(H,49,56)(H,59,60)(H2,45,47,61)(H,48,54,62)/b26-19-/t20-,21-,22-,29-,30-,31+,33-,38+/m0/s1. The molecule has 22 heteroatoms. The fourth-order valence-corrected chi connectivity index (χ4v) is 6.75. The third-order valence-electron chi connectivity index (χ3n) is 10.4. The number of amides is 6. The van der Waals surface area contributed by atoms with Crippen LogP contribution >= 0.6 is 0 Å². The number of hydrogen-bond acceptors (Lipinski definition) is 12. The molecule has 1 aliphatic rings. The third-order valence-corrected chi connectivity index (χ3v) is 10.4. The summed E-state index contributed by atoms with van der Waals surface area (Å²) in [5.41, 5.74) is 6.12. The number of aliphatic carboxylic acids is 1. The van der Waals surface area contributed by atoms with Gasteiger partial charge in [0.25, 0.3) is 5.56 Å². The lowest BCUT2D eigenvalue weighted by Crippen LogP contribution is -2.62. The van der Waals surface area contributed by atoms with Crippen molar-refractivity contribution in [3.63, 3.8) is 0 Å². The molecular weight excluding hydrogens is 825 g/mol. The van der Waals surface area contributed by atoms with E-state index in [1.807, 2.05) is 12.1 Å². The largest absolute Gasteiger partial charge is 0.508 e. The first-order valence-electron chi connectivity index (χ1n) is 19.7. The number of benzene rings is 2. The van der Waals surface area contributed by atoms with Crippen molar-refractivity contribution in [2.24, 2.45) is 5.73 Å². The van der Waals surface area contributed by atoms with Gasteiger partial charge in [-0.2, -0.15) is 0 Å². The third kappa shape index (κ3) is 11.9. The SMILES string of the molecule is C[C@H](N)C(=O)N[C@@H](Cc1cccc(O)c1)C(=O)N(C)[C@@H](C)[C@H](NC(=O)[C@H](C)NC(=O)N[C@@H](Cc1c[nH]c2ccccc12)C(=O)O)C(=O)N/C=C1/C[C@@H](O)[C@H](n2ccc(=O)[nH]c2=O)O1. The zero-order valence-electron chi connectivity index (χ0n) is 34.7. The number of rotatable bonds is 17. The van der Waals surface area contributed by atoms with Crippen LogP contribution in [0.15, 0.2) is 88.5 Å². The van der Waals surface area contributed by atoms with E-state index in [2.05, 4.69) is 36.6 Å². The Morgan fingerprint density at radius 3 is 2.35 bits per heavy atom. The van der Waals surface area contributed by atoms with Crippen molar-refractivity contribution in [1.29, 1.82) is 0 Å². The molecule has 0 bridgehead atoms. The van der Waals surface area contributed by atoms with Crippen LogP contribution in [0, 0.1) is 0 Å². The Hall–Kier alpha value is -7.46. The number of nitrogens with two attached hydrogens (primary N) is 1. The number of aliphatic hydroxyl groups excluding tert-OH is 1. The number of aromatic amines is 2. The lowest BCUT2D eigenvalue weighted by atomic mass is 10.0. The van der Waals surface area contributed by atoms with Gasteiger partial charge in [0, 0.05) is 61.9 Å². The minimum atomic E-state index is -1.60. The Labute approximate surface area is 358 Å². The van der Waals surface area contributed by atoms with Gasteiger partial charge in [0.05, 0.1) is 12.1 Å². The summed E-state index contributed by atoms with van der Waals surface area (Å²) in [7, 11) is 1.32. The molecule has 2 aromatic heterocycles. The molecule has 0 saturated carbocycles. The highest BCUT2D eigenvalue weighted by molar-refractivity contribution is 5.94. The Morgan fingerprint density at radius 1 is 0.937 bits per heavy atom. The lowest BCUT2D eigenvalue weighted by Gasteiger charge is -2.34. The molecule has 63 heavy (non-hydrogen) atoms. The van der Waals surface area contributed by atoms with Crippen LogP contribution < -0.4 is 43.6 Å². The quantitative estimate of drug-likeness (QED) is 0.0592. The van der Waals surface area contributed by atoms with E-state index in [1.165, 1.54) is 40.0 Å². The first-order chi connectivity index (χ1) is 29.8. The van der Waals surface area contributed by atoms with Crippen molar-refractivity contribution < 1.29 is 48.8 Å². The number of carboxylic acids is 1. The Balaban J connectivity index is 1.35. The van der Waals surface area contributed by atoms with Gasteiger partial charge in [-0.15, -0.1) is 0 Å². The summed E-state index contributed by atoms with van der Waals surface area (Å²) in [5.74, 6) is -4.67. The molecule has 336 valence electrons. The number of phenols is 1. The maximum Gasteiger partial charge on any atom is 0.331 e. The van der Waals surface area contributed by atoms with Gasteiger partial charge in [0.15, 0.2) is 0 Å².